The van der Waals surface area contributed by atoms with Crippen LogP contribution in [0.2, 0.25) is 0 Å². The van der Waals surface area contributed by atoms with Gasteiger partial charge in [-0.15, -0.1) is 0 Å². The third kappa shape index (κ3) is 3.01. The molecule has 4 rings (SSSR count). The molecule has 1 heteroatoms. The van der Waals surface area contributed by atoms with Crippen LogP contribution in [0.25, 0.3) is 0 Å². The molecule has 0 saturated heterocycles. The highest BCUT2D eigenvalue weighted by molar-refractivity contribution is 5.30. The van der Waals surface area contributed by atoms with Crippen molar-refractivity contribution in [2.75, 3.05) is 0 Å². The van der Waals surface area contributed by atoms with E-state index in [0.717, 1.165) is 42.4 Å². The SMILES string of the molecule is CC(C)CCCC[C@H]1CC[C@H]2C3C=C4C[C@@H](O)CC[C@]4(C)[C@H]3CC[C@]12C. The van der Waals surface area contributed by atoms with Gasteiger partial charge in [0.2, 0.25) is 0 Å². The lowest BCUT2D eigenvalue weighted by Gasteiger charge is -2.51. The van der Waals surface area contributed by atoms with Crippen LogP contribution in [0.1, 0.15) is 98.3 Å². The summed E-state index contributed by atoms with van der Waals surface area (Å²) in [5.41, 5.74) is 2.65. The summed E-state index contributed by atoms with van der Waals surface area (Å²) in [6.45, 7) is 9.92. The molecule has 3 fully saturated rings. The zero-order chi connectivity index (χ0) is 18.5. The van der Waals surface area contributed by atoms with Crippen molar-refractivity contribution in [3.8, 4) is 0 Å². The summed E-state index contributed by atoms with van der Waals surface area (Å²) in [6.07, 6.45) is 17.4. The number of allylic oxidation sites excluding steroid dienone is 1. The van der Waals surface area contributed by atoms with Crippen LogP contribution in [-0.2, 0) is 0 Å². The molecule has 0 heterocycles. The molecule has 7 atom stereocenters. The lowest BCUT2D eigenvalue weighted by atomic mass is 9.54. The van der Waals surface area contributed by atoms with E-state index in [1.54, 1.807) is 5.57 Å². The standard InChI is InChI=1S/C25H42O/c1-17(2)7-5-6-8-18-9-10-22-21-16-19-15-20(26)11-13-25(19,4)23(21)12-14-24(18,22)3/h16-18,20-23,26H,5-15H2,1-4H3/t18-,20-,21?,22-,23-,24+,25-/m0/s1. The van der Waals surface area contributed by atoms with Gasteiger partial charge in [0.05, 0.1) is 6.10 Å². The van der Waals surface area contributed by atoms with E-state index in [4.69, 9.17) is 0 Å². The van der Waals surface area contributed by atoms with Gasteiger partial charge in [-0.05, 0) is 91.8 Å². The highest BCUT2D eigenvalue weighted by Gasteiger charge is 2.59. The van der Waals surface area contributed by atoms with Crippen LogP contribution < -0.4 is 0 Å². The van der Waals surface area contributed by atoms with E-state index >= 15 is 0 Å². The summed E-state index contributed by atoms with van der Waals surface area (Å²) >= 11 is 0. The minimum absolute atomic E-state index is 0.0712. The third-order valence-corrected chi connectivity index (χ3v) is 9.51. The second-order valence-corrected chi connectivity index (χ2v) is 11.3. The Balaban J connectivity index is 1.46. The molecule has 0 aromatic rings. The minimum Gasteiger partial charge on any atom is -0.393 e. The maximum Gasteiger partial charge on any atom is 0.0577 e. The lowest BCUT2D eigenvalue weighted by Crippen LogP contribution is -2.44. The van der Waals surface area contributed by atoms with Crippen molar-refractivity contribution < 1.29 is 5.11 Å². The molecule has 0 aromatic carbocycles. The summed E-state index contributed by atoms with van der Waals surface area (Å²) in [5, 5.41) is 10.2. The summed E-state index contributed by atoms with van der Waals surface area (Å²) in [7, 11) is 0. The summed E-state index contributed by atoms with van der Waals surface area (Å²) in [4.78, 5) is 0. The molecule has 0 amide bonds. The first-order chi connectivity index (χ1) is 12.3. The van der Waals surface area contributed by atoms with E-state index in [9.17, 15) is 5.11 Å². The molecule has 1 nitrogen and oxygen atoms in total. The fourth-order valence-electron chi connectivity index (χ4n) is 7.83. The van der Waals surface area contributed by atoms with Crippen LogP contribution in [0.15, 0.2) is 11.6 Å². The molecule has 4 aliphatic carbocycles. The lowest BCUT2D eigenvalue weighted by molar-refractivity contribution is -0.00960. The molecule has 0 radical (unpaired) electrons. The highest BCUT2D eigenvalue weighted by atomic mass is 16.3. The molecule has 0 bridgehead atoms. The third-order valence-electron chi connectivity index (χ3n) is 9.51. The first kappa shape index (κ1) is 19.0. The van der Waals surface area contributed by atoms with Crippen LogP contribution >= 0.6 is 0 Å². The molecule has 26 heavy (non-hydrogen) atoms. The number of rotatable bonds is 5. The van der Waals surface area contributed by atoms with Crippen LogP contribution in [-0.4, -0.2) is 11.2 Å². The predicted octanol–water partition coefficient (Wildman–Crippen LogP) is 6.75. The van der Waals surface area contributed by atoms with Crippen molar-refractivity contribution in [1.82, 2.24) is 0 Å². The van der Waals surface area contributed by atoms with Crippen molar-refractivity contribution in [3.05, 3.63) is 11.6 Å². The van der Waals surface area contributed by atoms with Gasteiger partial charge in [0.15, 0.2) is 0 Å². The van der Waals surface area contributed by atoms with Gasteiger partial charge < -0.3 is 5.11 Å². The molecule has 148 valence electrons. The second-order valence-electron chi connectivity index (χ2n) is 11.3. The molecular weight excluding hydrogens is 316 g/mol. The van der Waals surface area contributed by atoms with Crippen molar-refractivity contribution in [2.45, 2.75) is 104 Å². The van der Waals surface area contributed by atoms with Crippen LogP contribution in [0.4, 0.5) is 0 Å². The van der Waals surface area contributed by atoms with Gasteiger partial charge in [0, 0.05) is 0 Å². The first-order valence-corrected chi connectivity index (χ1v) is 11.7. The summed E-state index contributed by atoms with van der Waals surface area (Å²) < 4.78 is 0. The zero-order valence-corrected chi connectivity index (χ0v) is 17.8. The number of hydrogen-bond acceptors (Lipinski definition) is 1. The highest BCUT2D eigenvalue weighted by Crippen LogP contribution is 2.67. The Hall–Kier alpha value is -0.300. The number of aliphatic hydroxyl groups excluding tert-OH is 1. The van der Waals surface area contributed by atoms with Crippen LogP contribution in [0, 0.1) is 40.4 Å². The molecule has 4 aliphatic rings. The number of unbranched alkanes of at least 4 members (excludes halogenated alkanes) is 1. The second kappa shape index (κ2) is 6.94. The molecule has 0 aromatic heterocycles. The number of hydrogen-bond donors (Lipinski definition) is 1. The van der Waals surface area contributed by atoms with Gasteiger partial charge in [-0.2, -0.15) is 0 Å². The Labute approximate surface area is 162 Å². The fourth-order valence-corrected chi connectivity index (χ4v) is 7.83. The van der Waals surface area contributed by atoms with Crippen LogP contribution in [0.3, 0.4) is 0 Å². The van der Waals surface area contributed by atoms with E-state index in [1.165, 1.54) is 57.8 Å². The molecule has 1 N–H and O–H groups in total. The van der Waals surface area contributed by atoms with Gasteiger partial charge in [-0.3, -0.25) is 0 Å². The predicted molar refractivity (Wildman–Crippen MR) is 110 cm³/mol. The normalized spacial score (nSPS) is 47.5. The molecule has 3 saturated carbocycles. The van der Waals surface area contributed by atoms with Crippen molar-refractivity contribution >= 4 is 0 Å². The molecule has 0 aliphatic heterocycles. The average molecular weight is 359 g/mol. The maximum absolute atomic E-state index is 10.2. The molecular formula is C25H42O. The van der Waals surface area contributed by atoms with E-state index in [0.29, 0.717) is 10.8 Å². The Kier molecular flexibility index (Phi) is 5.08. The number of fused-ring (bicyclic) bond motifs is 5. The van der Waals surface area contributed by atoms with E-state index in [1.807, 2.05) is 0 Å². The maximum atomic E-state index is 10.2. The minimum atomic E-state index is -0.0712. The Morgan fingerprint density at radius 1 is 1.04 bits per heavy atom. The fraction of sp³-hybridized carbons (Fsp3) is 0.920. The van der Waals surface area contributed by atoms with E-state index in [2.05, 4.69) is 33.8 Å². The molecule has 1 unspecified atom stereocenters. The quantitative estimate of drug-likeness (QED) is 0.425. The molecule has 0 spiro atoms. The largest absolute Gasteiger partial charge is 0.393 e. The monoisotopic (exact) mass is 358 g/mol. The van der Waals surface area contributed by atoms with Crippen molar-refractivity contribution in [1.29, 1.82) is 0 Å². The van der Waals surface area contributed by atoms with Gasteiger partial charge in [-0.1, -0.05) is 58.6 Å². The first-order valence-electron chi connectivity index (χ1n) is 11.7. The topological polar surface area (TPSA) is 20.2 Å². The van der Waals surface area contributed by atoms with Gasteiger partial charge in [0.25, 0.3) is 0 Å². The Morgan fingerprint density at radius 2 is 1.85 bits per heavy atom. The van der Waals surface area contributed by atoms with Crippen LogP contribution in [0.5, 0.6) is 0 Å². The Bertz CT molecular complexity index is 548. The smallest absolute Gasteiger partial charge is 0.0577 e. The van der Waals surface area contributed by atoms with Gasteiger partial charge in [0.1, 0.15) is 0 Å². The van der Waals surface area contributed by atoms with Crippen molar-refractivity contribution in [2.24, 2.45) is 40.4 Å². The van der Waals surface area contributed by atoms with Crippen molar-refractivity contribution in [3.63, 3.8) is 0 Å². The average Bonchev–Trinajstić information content (AvgIpc) is 3.06. The summed E-state index contributed by atoms with van der Waals surface area (Å²) in [5.74, 6) is 4.45. The zero-order valence-electron chi connectivity index (χ0n) is 17.8. The van der Waals surface area contributed by atoms with E-state index in [-0.39, 0.29) is 6.10 Å². The number of aliphatic hydroxyl groups is 1. The van der Waals surface area contributed by atoms with Gasteiger partial charge in [-0.25, -0.2) is 0 Å². The Morgan fingerprint density at radius 3 is 2.62 bits per heavy atom. The van der Waals surface area contributed by atoms with E-state index < -0.39 is 0 Å². The van der Waals surface area contributed by atoms with Gasteiger partial charge >= 0.3 is 0 Å². The summed E-state index contributed by atoms with van der Waals surface area (Å²) in [6, 6.07) is 0.